The van der Waals surface area contributed by atoms with Crippen molar-refractivity contribution in [1.29, 1.82) is 0 Å². The maximum Gasteiger partial charge on any atom is 0.0431 e. The van der Waals surface area contributed by atoms with E-state index in [0.717, 1.165) is 25.9 Å². The Balaban J connectivity index is 2.90. The predicted molar refractivity (Wildman–Crippen MR) is 56.8 cm³/mol. The molecule has 0 aromatic carbocycles. The molecule has 12 heavy (non-hydrogen) atoms. The number of thioether (sulfide) groups is 1. The molecule has 0 aliphatic heterocycles. The molecule has 0 saturated carbocycles. The van der Waals surface area contributed by atoms with Gasteiger partial charge in [-0.1, -0.05) is 6.92 Å². The van der Waals surface area contributed by atoms with E-state index in [1.165, 1.54) is 6.42 Å². The van der Waals surface area contributed by atoms with Crippen LogP contribution in [0.2, 0.25) is 0 Å². The van der Waals surface area contributed by atoms with E-state index in [4.69, 9.17) is 5.11 Å². The van der Waals surface area contributed by atoms with E-state index in [1.807, 2.05) is 11.8 Å². The van der Waals surface area contributed by atoms with Gasteiger partial charge in [0.05, 0.1) is 0 Å². The fraction of sp³-hybridized carbons (Fsp3) is 1.00. The second-order valence-corrected chi connectivity index (χ2v) is 4.31. The number of hydrogen-bond acceptors (Lipinski definition) is 3. The summed E-state index contributed by atoms with van der Waals surface area (Å²) in [6.07, 6.45) is 5.40. The third-order valence-electron chi connectivity index (χ3n) is 1.85. The Morgan fingerprint density at radius 3 is 2.67 bits per heavy atom. The van der Waals surface area contributed by atoms with E-state index >= 15 is 0 Å². The van der Waals surface area contributed by atoms with Gasteiger partial charge < -0.3 is 10.4 Å². The number of unbranched alkanes of at least 4 members (excludes halogenated alkanes) is 2. The summed E-state index contributed by atoms with van der Waals surface area (Å²) in [5.41, 5.74) is 0. The van der Waals surface area contributed by atoms with Crippen LogP contribution in [0.1, 0.15) is 26.2 Å². The molecular formula is C9H21NOS. The number of hydrogen-bond donors (Lipinski definition) is 2. The highest BCUT2D eigenvalue weighted by Gasteiger charge is 1.96. The minimum atomic E-state index is 0.335. The zero-order valence-electron chi connectivity index (χ0n) is 8.18. The Labute approximate surface area is 80.1 Å². The van der Waals surface area contributed by atoms with Gasteiger partial charge in [-0.3, -0.25) is 0 Å². The summed E-state index contributed by atoms with van der Waals surface area (Å²) < 4.78 is 0. The van der Waals surface area contributed by atoms with Crippen LogP contribution in [0.15, 0.2) is 0 Å². The standard InChI is InChI=1S/C9H21NOS/c1-9(12-2)8-10-6-4-3-5-7-11/h9-11H,3-8H2,1-2H3. The molecule has 0 fully saturated rings. The fourth-order valence-electron chi connectivity index (χ4n) is 0.927. The number of aliphatic hydroxyl groups is 1. The third-order valence-corrected chi connectivity index (χ3v) is 2.82. The second-order valence-electron chi connectivity index (χ2n) is 3.03. The van der Waals surface area contributed by atoms with Crippen molar-refractivity contribution in [1.82, 2.24) is 5.32 Å². The Bertz CT molecular complexity index is 90.6. The van der Waals surface area contributed by atoms with E-state index in [2.05, 4.69) is 18.5 Å². The minimum Gasteiger partial charge on any atom is -0.396 e. The van der Waals surface area contributed by atoms with E-state index in [0.29, 0.717) is 11.9 Å². The van der Waals surface area contributed by atoms with Crippen LogP contribution in [-0.4, -0.2) is 36.3 Å². The average molecular weight is 191 g/mol. The molecule has 0 aromatic rings. The zero-order chi connectivity index (χ0) is 9.23. The topological polar surface area (TPSA) is 32.3 Å². The minimum absolute atomic E-state index is 0.335. The van der Waals surface area contributed by atoms with Crippen LogP contribution in [0.25, 0.3) is 0 Å². The molecule has 0 bridgehead atoms. The summed E-state index contributed by atoms with van der Waals surface area (Å²) in [5, 5.41) is 12.6. The van der Waals surface area contributed by atoms with Gasteiger partial charge in [0.25, 0.3) is 0 Å². The Morgan fingerprint density at radius 1 is 1.33 bits per heavy atom. The maximum atomic E-state index is 8.53. The first kappa shape index (κ1) is 12.3. The van der Waals surface area contributed by atoms with Crippen LogP contribution in [0.5, 0.6) is 0 Å². The van der Waals surface area contributed by atoms with Crippen LogP contribution in [0.4, 0.5) is 0 Å². The quantitative estimate of drug-likeness (QED) is 0.570. The van der Waals surface area contributed by atoms with Gasteiger partial charge in [0.1, 0.15) is 0 Å². The van der Waals surface area contributed by atoms with Crippen molar-refractivity contribution in [3.05, 3.63) is 0 Å². The van der Waals surface area contributed by atoms with Crippen molar-refractivity contribution in [3.63, 3.8) is 0 Å². The first-order valence-electron chi connectivity index (χ1n) is 4.65. The molecule has 0 aliphatic carbocycles. The molecule has 0 heterocycles. The van der Waals surface area contributed by atoms with Crippen molar-refractivity contribution in [3.8, 4) is 0 Å². The molecule has 0 aliphatic rings. The molecule has 74 valence electrons. The lowest BCUT2D eigenvalue weighted by Crippen LogP contribution is -2.23. The summed E-state index contributed by atoms with van der Waals surface area (Å²) in [7, 11) is 0. The Morgan fingerprint density at radius 2 is 2.08 bits per heavy atom. The van der Waals surface area contributed by atoms with Crippen molar-refractivity contribution in [2.24, 2.45) is 0 Å². The maximum absolute atomic E-state index is 8.53. The van der Waals surface area contributed by atoms with Crippen molar-refractivity contribution >= 4 is 11.8 Å². The zero-order valence-corrected chi connectivity index (χ0v) is 8.99. The molecule has 1 unspecified atom stereocenters. The summed E-state index contributed by atoms with van der Waals surface area (Å²) in [4.78, 5) is 0. The van der Waals surface area contributed by atoms with Crippen LogP contribution in [0, 0.1) is 0 Å². The molecule has 0 spiro atoms. The summed E-state index contributed by atoms with van der Waals surface area (Å²) in [6, 6.07) is 0. The smallest absolute Gasteiger partial charge is 0.0431 e. The molecule has 0 amide bonds. The lowest BCUT2D eigenvalue weighted by molar-refractivity contribution is 0.283. The lowest BCUT2D eigenvalue weighted by atomic mass is 10.2. The number of nitrogens with one attached hydrogen (secondary N) is 1. The first-order chi connectivity index (χ1) is 5.81. The van der Waals surface area contributed by atoms with Gasteiger partial charge in [-0.2, -0.15) is 11.8 Å². The van der Waals surface area contributed by atoms with E-state index in [-0.39, 0.29) is 0 Å². The van der Waals surface area contributed by atoms with E-state index in [9.17, 15) is 0 Å². The highest BCUT2D eigenvalue weighted by atomic mass is 32.2. The van der Waals surface area contributed by atoms with Gasteiger partial charge in [0.15, 0.2) is 0 Å². The molecular weight excluding hydrogens is 170 g/mol. The van der Waals surface area contributed by atoms with Crippen LogP contribution in [-0.2, 0) is 0 Å². The molecule has 0 saturated heterocycles. The average Bonchev–Trinajstić information content (AvgIpc) is 2.10. The molecule has 0 aromatic heterocycles. The molecule has 2 N–H and O–H groups in total. The Hall–Kier alpha value is 0.270. The van der Waals surface area contributed by atoms with Gasteiger partial charge in [0.2, 0.25) is 0 Å². The highest BCUT2D eigenvalue weighted by Crippen LogP contribution is 2.02. The first-order valence-corrected chi connectivity index (χ1v) is 5.94. The van der Waals surface area contributed by atoms with Crippen molar-refractivity contribution < 1.29 is 5.11 Å². The molecule has 0 radical (unpaired) electrons. The monoisotopic (exact) mass is 191 g/mol. The van der Waals surface area contributed by atoms with Gasteiger partial charge in [0, 0.05) is 18.4 Å². The van der Waals surface area contributed by atoms with Crippen LogP contribution < -0.4 is 5.32 Å². The van der Waals surface area contributed by atoms with Crippen molar-refractivity contribution in [2.45, 2.75) is 31.4 Å². The van der Waals surface area contributed by atoms with Gasteiger partial charge >= 0.3 is 0 Å². The largest absolute Gasteiger partial charge is 0.396 e. The lowest BCUT2D eigenvalue weighted by Gasteiger charge is -2.08. The summed E-state index contributed by atoms with van der Waals surface area (Å²) in [6.45, 7) is 4.75. The number of rotatable bonds is 8. The predicted octanol–water partition coefficient (Wildman–Crippen LogP) is 1.49. The third kappa shape index (κ3) is 8.37. The summed E-state index contributed by atoms with van der Waals surface area (Å²) in [5.74, 6) is 0. The van der Waals surface area contributed by atoms with Gasteiger partial charge in [-0.15, -0.1) is 0 Å². The van der Waals surface area contributed by atoms with E-state index < -0.39 is 0 Å². The van der Waals surface area contributed by atoms with Crippen molar-refractivity contribution in [2.75, 3.05) is 26.0 Å². The SMILES string of the molecule is CSC(C)CNCCCCCO. The Kier molecular flexibility index (Phi) is 9.57. The number of aliphatic hydroxyl groups excluding tert-OH is 1. The van der Waals surface area contributed by atoms with E-state index in [1.54, 1.807) is 0 Å². The van der Waals surface area contributed by atoms with Gasteiger partial charge in [-0.25, -0.2) is 0 Å². The molecule has 3 heteroatoms. The molecule has 1 atom stereocenters. The highest BCUT2D eigenvalue weighted by molar-refractivity contribution is 7.99. The normalized spacial score (nSPS) is 13.2. The molecule has 2 nitrogen and oxygen atoms in total. The van der Waals surface area contributed by atoms with Gasteiger partial charge in [-0.05, 0) is 32.1 Å². The van der Waals surface area contributed by atoms with Crippen LogP contribution >= 0.6 is 11.8 Å². The second kappa shape index (κ2) is 9.36. The fourth-order valence-corrected chi connectivity index (χ4v) is 1.21. The molecule has 0 rings (SSSR count). The van der Waals surface area contributed by atoms with Crippen LogP contribution in [0.3, 0.4) is 0 Å². The summed E-state index contributed by atoms with van der Waals surface area (Å²) >= 11 is 1.89.